The molecule has 9 aromatic carbocycles. The van der Waals surface area contributed by atoms with Gasteiger partial charge in [0.05, 0.1) is 39.0 Å². The van der Waals surface area contributed by atoms with Crippen LogP contribution in [-0.4, -0.2) is 25.7 Å². The van der Waals surface area contributed by atoms with Gasteiger partial charge in [-0.05, 0) is 73.1 Å². The Morgan fingerprint density at radius 2 is 0.945 bits per heavy atom. The predicted octanol–water partition coefficient (Wildman–Crippen LogP) is 16.2. The van der Waals surface area contributed by atoms with Gasteiger partial charge in [-0.25, -0.2) is 4.98 Å². The molecule has 0 radical (unpaired) electrons. The third kappa shape index (κ3) is 6.96. The molecule has 356 valence electrons. The molecule has 0 fully saturated rings. The number of anilines is 3. The van der Waals surface area contributed by atoms with Crippen LogP contribution in [-0.2, 0) is 27.2 Å². The van der Waals surface area contributed by atoms with E-state index in [9.17, 15) is 0 Å². The number of halogens is 3. The Morgan fingerprint density at radius 3 is 1.51 bits per heavy atom. The van der Waals surface area contributed by atoms with Crippen molar-refractivity contribution in [3.05, 3.63) is 231 Å². The molecule has 0 saturated heterocycles. The number of benzene rings is 9. The summed E-state index contributed by atoms with van der Waals surface area (Å²) in [5, 5.41) is 5.59. The Morgan fingerprint density at radius 1 is 0.479 bits per heavy atom. The summed E-state index contributed by atoms with van der Waals surface area (Å²) in [5.74, 6) is 0.903. The monoisotopic (exact) mass is 1130 g/mol. The van der Waals surface area contributed by atoms with Gasteiger partial charge in [0, 0.05) is 88.3 Å². The van der Waals surface area contributed by atoms with Gasteiger partial charge in [0.25, 0.3) is 0 Å². The number of ether oxygens (including phenoxy) is 1. The average molecular weight is 1140 g/mol. The van der Waals surface area contributed by atoms with E-state index < -0.39 is 11.7 Å². The van der Waals surface area contributed by atoms with Crippen LogP contribution in [0.1, 0.15) is 5.56 Å². The van der Waals surface area contributed by atoms with E-state index in [2.05, 4.69) is 62.6 Å². The Labute approximate surface area is 431 Å². The molecule has 7 nitrogen and oxygen atoms in total. The topological polar surface area (TPSA) is 43.4 Å². The van der Waals surface area contributed by atoms with Gasteiger partial charge in [0.15, 0.2) is 0 Å². The summed E-state index contributed by atoms with van der Waals surface area (Å²) >= 11 is 0. The van der Waals surface area contributed by atoms with Crippen molar-refractivity contribution in [2.24, 2.45) is 0 Å². The molecule has 0 amide bonds. The summed E-state index contributed by atoms with van der Waals surface area (Å²) < 4.78 is 61.6. The first-order valence-corrected chi connectivity index (χ1v) is 23.6. The van der Waals surface area contributed by atoms with Crippen LogP contribution in [0.5, 0.6) is 11.5 Å². The van der Waals surface area contributed by atoms with E-state index in [0.29, 0.717) is 39.5 Å². The smallest absolute Gasteiger partial charge is 0.417 e. The first-order chi connectivity index (χ1) is 35.3. The van der Waals surface area contributed by atoms with Gasteiger partial charge in [-0.2, -0.15) is 32.0 Å². The second-order valence-corrected chi connectivity index (χ2v) is 18.0. The summed E-state index contributed by atoms with van der Waals surface area (Å²) in [7, 11) is 2.00. The third-order valence-electron chi connectivity index (χ3n) is 14.0. The fourth-order valence-electron chi connectivity index (χ4n) is 10.9. The van der Waals surface area contributed by atoms with Crippen LogP contribution >= 0.6 is 0 Å². The molecule has 13 aromatic rings. The molecule has 0 spiro atoms. The van der Waals surface area contributed by atoms with Crippen LogP contribution in [0.3, 0.4) is 0 Å². The summed E-state index contributed by atoms with van der Waals surface area (Å²) in [5.41, 5.74) is 8.17. The number of hydrogen-bond acceptors (Lipinski definition) is 4. The van der Waals surface area contributed by atoms with Crippen molar-refractivity contribution in [3.8, 4) is 39.8 Å². The molecule has 0 saturated carbocycles. The number of pyridine rings is 1. The molecule has 73 heavy (non-hydrogen) atoms. The third-order valence-corrected chi connectivity index (χ3v) is 14.0. The Balaban J connectivity index is 0.00000516. The Kier molecular flexibility index (Phi) is 10.4. The fourth-order valence-corrected chi connectivity index (χ4v) is 10.9. The second-order valence-electron chi connectivity index (χ2n) is 18.0. The molecule has 1 aliphatic heterocycles. The van der Waals surface area contributed by atoms with Gasteiger partial charge in [0.1, 0.15) is 5.82 Å². The Hall–Kier alpha value is -8.59. The number of nitrogens with zero attached hydrogens (tertiary/aromatic N) is 6. The van der Waals surface area contributed by atoms with Gasteiger partial charge in [-0.1, -0.05) is 115 Å². The first-order valence-electron chi connectivity index (χ1n) is 23.6. The zero-order valence-electron chi connectivity index (χ0n) is 38.7. The van der Waals surface area contributed by atoms with Gasteiger partial charge in [0.2, 0.25) is 0 Å². The maximum absolute atomic E-state index is 16.4. The molecule has 0 aliphatic carbocycles. The number of aromatic nitrogens is 4. The molecule has 1 aliphatic rings. The summed E-state index contributed by atoms with van der Waals surface area (Å²) in [6.45, 7) is 2.00. The zero-order chi connectivity index (χ0) is 48.2. The SMILES string of the molecule is CN1[CH-]N(c2[c-]c(Oc3[c-]c4c(cc3)c3ccccc3n4-c3cc(C(F)(F)F)c(-c4c(-n5c6ccccc6c6ccccc65)cccc4-n4c5ccccc5c5ccccc54)cn3)ccc2)c2ccccc21.[Pt]. The van der Waals surface area contributed by atoms with Crippen molar-refractivity contribution >= 4 is 82.5 Å². The molecule has 0 bridgehead atoms. The van der Waals surface area contributed by atoms with Crippen LogP contribution in [0.15, 0.2) is 206 Å². The number of para-hydroxylation sites is 7. The van der Waals surface area contributed by atoms with Gasteiger partial charge >= 0.3 is 6.18 Å². The minimum atomic E-state index is -4.82. The van der Waals surface area contributed by atoms with Crippen LogP contribution < -0.4 is 14.5 Å². The van der Waals surface area contributed by atoms with Crippen molar-refractivity contribution in [2.75, 3.05) is 16.8 Å². The molecule has 14 rings (SSSR count). The quantitative estimate of drug-likeness (QED) is 0.149. The minimum absolute atomic E-state index is 0. The number of fused-ring (bicyclic) bond motifs is 10. The summed E-state index contributed by atoms with van der Waals surface area (Å²) in [6.07, 6.45) is -3.42. The molecular formula is C62H38F3N6OPt-3. The maximum atomic E-state index is 16.4. The van der Waals surface area contributed by atoms with Crippen LogP contribution in [0.4, 0.5) is 30.2 Å². The molecule has 0 N–H and O–H groups in total. The number of rotatable bonds is 7. The van der Waals surface area contributed by atoms with Crippen molar-refractivity contribution < 1.29 is 39.0 Å². The summed E-state index contributed by atoms with van der Waals surface area (Å²) in [4.78, 5) is 9.13. The van der Waals surface area contributed by atoms with Crippen LogP contribution in [0.25, 0.3) is 93.7 Å². The van der Waals surface area contributed by atoms with Crippen LogP contribution in [0, 0.1) is 18.8 Å². The van der Waals surface area contributed by atoms with Crippen molar-refractivity contribution in [2.45, 2.75) is 6.18 Å². The van der Waals surface area contributed by atoms with Gasteiger partial charge in [-0.3, -0.25) is 0 Å². The Bertz CT molecular complexity index is 4100. The van der Waals surface area contributed by atoms with E-state index in [1.165, 1.54) is 12.3 Å². The van der Waals surface area contributed by atoms with Gasteiger partial charge < -0.3 is 28.2 Å². The second kappa shape index (κ2) is 17.0. The van der Waals surface area contributed by atoms with E-state index in [0.717, 1.165) is 71.4 Å². The summed E-state index contributed by atoms with van der Waals surface area (Å²) in [6, 6.07) is 71.1. The predicted molar refractivity (Wildman–Crippen MR) is 283 cm³/mol. The largest absolute Gasteiger partial charge is 0.509 e. The van der Waals surface area contributed by atoms with E-state index >= 15 is 13.2 Å². The number of alkyl halides is 3. The van der Waals surface area contributed by atoms with Crippen molar-refractivity contribution in [1.29, 1.82) is 0 Å². The average Bonchev–Trinajstić information content (AvgIpc) is 4.14. The molecule has 11 heteroatoms. The molecule has 4 aromatic heterocycles. The molecule has 0 atom stereocenters. The fraction of sp³-hybridized carbons (Fsp3) is 0.0323. The van der Waals surface area contributed by atoms with E-state index in [1.807, 2.05) is 176 Å². The zero-order valence-corrected chi connectivity index (χ0v) is 41.0. The van der Waals surface area contributed by atoms with Crippen molar-refractivity contribution in [1.82, 2.24) is 18.7 Å². The first kappa shape index (κ1) is 44.4. The standard InChI is InChI=1S/C62H38F3N6O.Pt/c1-67-38-68(56-29-13-12-28-55(56)67)39-16-14-17-40(34-39)72-41-32-33-47-46-22-6-11-27-54(46)71(59(47)35-41)60-36-49(62(63,64)65)48(37-66-60)61-57(69-50-23-7-2-18-42(50)43-19-3-8-24-51(43)69)30-15-31-58(61)70-52-25-9-4-20-44(52)45-21-5-10-26-53(45)70;/h2-33,36-38H,1H3;/q-3;. The number of hydrogen-bond donors (Lipinski definition) is 0. The maximum Gasteiger partial charge on any atom is 0.417 e. The molecule has 0 unspecified atom stereocenters. The van der Waals surface area contributed by atoms with E-state index in [1.54, 1.807) is 4.57 Å². The van der Waals surface area contributed by atoms with E-state index in [-0.39, 0.29) is 32.4 Å². The molecular weight excluding hydrogens is 1100 g/mol. The van der Waals surface area contributed by atoms with E-state index in [4.69, 9.17) is 9.72 Å². The van der Waals surface area contributed by atoms with Gasteiger partial charge in [-0.15, -0.1) is 41.4 Å². The van der Waals surface area contributed by atoms with Crippen molar-refractivity contribution in [3.63, 3.8) is 0 Å². The minimum Gasteiger partial charge on any atom is -0.509 e. The normalized spacial score (nSPS) is 12.7. The molecule has 5 heterocycles. The van der Waals surface area contributed by atoms with Crippen LogP contribution in [0.2, 0.25) is 0 Å².